The second kappa shape index (κ2) is 7.62. The van der Waals surface area contributed by atoms with E-state index in [4.69, 9.17) is 15.7 Å². The number of carbonyl (C=O) groups is 1. The second-order valence-electron chi connectivity index (χ2n) is 5.48. The molecule has 0 fully saturated rings. The molecule has 1 aromatic rings. The fourth-order valence-electron chi connectivity index (χ4n) is 1.55. The van der Waals surface area contributed by atoms with E-state index in [1.807, 2.05) is 6.07 Å². The molecule has 1 aromatic carbocycles. The topological polar surface area (TPSA) is 108 Å². The number of aliphatic hydroxyl groups is 1. The summed E-state index contributed by atoms with van der Waals surface area (Å²) in [4.78, 5) is 11.1. The van der Waals surface area contributed by atoms with Crippen LogP contribution in [0.1, 0.15) is 19.4 Å². The van der Waals surface area contributed by atoms with Crippen LogP contribution in [0.4, 0.5) is 0 Å². The molecular weight excluding hydrogens is 270 g/mol. The van der Waals surface area contributed by atoms with Crippen molar-refractivity contribution in [3.63, 3.8) is 0 Å². The van der Waals surface area contributed by atoms with Gasteiger partial charge in [0.1, 0.15) is 18.5 Å². The monoisotopic (exact) mass is 291 g/mol. The van der Waals surface area contributed by atoms with Crippen LogP contribution in [0.15, 0.2) is 24.3 Å². The standard InChI is InChI=1S/C15H21N3O3/c1-15(2,14(17)20)10-18-8-12(19)9-21-13-5-3-4-11(6-13)7-16/h3-6,12,18-19H,8-10H2,1-2H3,(H2,17,20). The van der Waals surface area contributed by atoms with Crippen molar-refractivity contribution in [1.82, 2.24) is 5.32 Å². The zero-order chi connectivity index (χ0) is 15.9. The van der Waals surface area contributed by atoms with Crippen LogP contribution in [-0.4, -0.2) is 36.8 Å². The van der Waals surface area contributed by atoms with Crippen molar-refractivity contribution < 1.29 is 14.6 Å². The lowest BCUT2D eigenvalue weighted by Gasteiger charge is -2.22. The SMILES string of the molecule is CC(C)(CNCC(O)COc1cccc(C#N)c1)C(N)=O. The van der Waals surface area contributed by atoms with Crippen molar-refractivity contribution in [2.45, 2.75) is 20.0 Å². The zero-order valence-electron chi connectivity index (χ0n) is 12.3. The molecule has 0 bridgehead atoms. The molecule has 0 aliphatic rings. The minimum absolute atomic E-state index is 0.0961. The number of primary amides is 1. The van der Waals surface area contributed by atoms with Gasteiger partial charge in [0.2, 0.25) is 5.91 Å². The summed E-state index contributed by atoms with van der Waals surface area (Å²) in [5, 5.41) is 21.6. The number of hydrogen-bond donors (Lipinski definition) is 3. The molecular formula is C15H21N3O3. The van der Waals surface area contributed by atoms with Crippen molar-refractivity contribution in [2.24, 2.45) is 11.1 Å². The minimum atomic E-state index is -0.723. The summed E-state index contributed by atoms with van der Waals surface area (Å²) >= 11 is 0. The lowest BCUT2D eigenvalue weighted by molar-refractivity contribution is -0.125. The molecule has 0 aliphatic carbocycles. The smallest absolute Gasteiger partial charge is 0.224 e. The fraction of sp³-hybridized carbons (Fsp3) is 0.467. The number of carbonyl (C=O) groups excluding carboxylic acids is 1. The molecule has 114 valence electrons. The number of aliphatic hydroxyl groups excluding tert-OH is 1. The van der Waals surface area contributed by atoms with E-state index in [1.165, 1.54) is 0 Å². The summed E-state index contributed by atoms with van der Waals surface area (Å²) in [7, 11) is 0. The number of hydrogen-bond acceptors (Lipinski definition) is 5. The average Bonchev–Trinajstić information content (AvgIpc) is 2.45. The Morgan fingerprint density at radius 2 is 2.29 bits per heavy atom. The van der Waals surface area contributed by atoms with Crippen LogP contribution < -0.4 is 15.8 Å². The van der Waals surface area contributed by atoms with Crippen LogP contribution in [-0.2, 0) is 4.79 Å². The summed E-state index contributed by atoms with van der Waals surface area (Å²) < 4.78 is 5.41. The van der Waals surface area contributed by atoms with Crippen molar-refractivity contribution in [2.75, 3.05) is 19.7 Å². The highest BCUT2D eigenvalue weighted by Gasteiger charge is 2.24. The second-order valence-corrected chi connectivity index (χ2v) is 5.48. The van der Waals surface area contributed by atoms with Gasteiger partial charge in [0, 0.05) is 13.1 Å². The molecule has 0 saturated heterocycles. The van der Waals surface area contributed by atoms with Gasteiger partial charge < -0.3 is 20.9 Å². The molecule has 0 spiro atoms. The highest BCUT2D eigenvalue weighted by molar-refractivity contribution is 5.80. The highest BCUT2D eigenvalue weighted by Crippen LogP contribution is 2.13. The molecule has 0 radical (unpaired) electrons. The molecule has 6 heteroatoms. The van der Waals surface area contributed by atoms with E-state index in [9.17, 15) is 9.90 Å². The first kappa shape index (κ1) is 17.0. The Kier molecular flexibility index (Phi) is 6.15. The summed E-state index contributed by atoms with van der Waals surface area (Å²) in [5.41, 5.74) is 5.09. The van der Waals surface area contributed by atoms with Crippen molar-refractivity contribution in [1.29, 1.82) is 5.26 Å². The predicted molar refractivity (Wildman–Crippen MR) is 78.5 cm³/mol. The van der Waals surface area contributed by atoms with Crippen LogP contribution in [0.25, 0.3) is 0 Å². The molecule has 1 amide bonds. The van der Waals surface area contributed by atoms with Gasteiger partial charge in [0.15, 0.2) is 0 Å². The van der Waals surface area contributed by atoms with E-state index in [2.05, 4.69) is 5.32 Å². The van der Waals surface area contributed by atoms with Gasteiger partial charge in [-0.2, -0.15) is 5.26 Å². The number of nitrogens with zero attached hydrogens (tertiary/aromatic N) is 1. The molecule has 6 nitrogen and oxygen atoms in total. The first-order valence-corrected chi connectivity index (χ1v) is 6.67. The highest BCUT2D eigenvalue weighted by atomic mass is 16.5. The van der Waals surface area contributed by atoms with Gasteiger partial charge >= 0.3 is 0 Å². The van der Waals surface area contributed by atoms with Crippen molar-refractivity contribution >= 4 is 5.91 Å². The van der Waals surface area contributed by atoms with Crippen LogP contribution >= 0.6 is 0 Å². The Bertz CT molecular complexity index is 523. The van der Waals surface area contributed by atoms with Gasteiger partial charge in [0.25, 0.3) is 0 Å². The number of rotatable bonds is 8. The lowest BCUT2D eigenvalue weighted by Crippen LogP contribution is -2.43. The predicted octanol–water partition coefficient (Wildman–Crippen LogP) is 0.399. The Balaban J connectivity index is 2.33. The Morgan fingerprint density at radius 3 is 2.90 bits per heavy atom. The third-order valence-corrected chi connectivity index (χ3v) is 3.02. The van der Waals surface area contributed by atoms with E-state index in [1.54, 1.807) is 38.1 Å². The molecule has 0 saturated carbocycles. The molecule has 1 rings (SSSR count). The normalized spacial score (nSPS) is 12.5. The quantitative estimate of drug-likeness (QED) is 0.642. The number of amides is 1. The van der Waals surface area contributed by atoms with E-state index in [0.717, 1.165) is 0 Å². The summed E-state index contributed by atoms with van der Waals surface area (Å²) in [6.45, 7) is 4.23. The average molecular weight is 291 g/mol. The van der Waals surface area contributed by atoms with Crippen LogP contribution in [0.5, 0.6) is 5.75 Å². The van der Waals surface area contributed by atoms with E-state index >= 15 is 0 Å². The fourth-order valence-corrected chi connectivity index (χ4v) is 1.55. The minimum Gasteiger partial charge on any atom is -0.491 e. The molecule has 1 atom stereocenters. The van der Waals surface area contributed by atoms with E-state index < -0.39 is 17.4 Å². The Hall–Kier alpha value is -2.10. The number of benzene rings is 1. The van der Waals surface area contributed by atoms with Crippen LogP contribution in [0.2, 0.25) is 0 Å². The van der Waals surface area contributed by atoms with Gasteiger partial charge in [0.05, 0.1) is 17.0 Å². The molecule has 0 aromatic heterocycles. The largest absolute Gasteiger partial charge is 0.491 e. The molecule has 0 aliphatic heterocycles. The molecule has 0 heterocycles. The summed E-state index contributed by atoms with van der Waals surface area (Å²) in [5.74, 6) is 0.139. The third kappa shape index (κ3) is 5.81. The lowest BCUT2D eigenvalue weighted by atomic mass is 9.93. The Morgan fingerprint density at radius 1 is 1.57 bits per heavy atom. The van der Waals surface area contributed by atoms with Crippen LogP contribution in [0.3, 0.4) is 0 Å². The number of nitrogens with one attached hydrogen (secondary N) is 1. The molecule has 4 N–H and O–H groups in total. The summed E-state index contributed by atoms with van der Waals surface area (Å²) in [6.07, 6.45) is -0.723. The summed E-state index contributed by atoms with van der Waals surface area (Å²) in [6, 6.07) is 8.74. The van der Waals surface area contributed by atoms with Crippen LogP contribution in [0, 0.1) is 16.7 Å². The maximum Gasteiger partial charge on any atom is 0.224 e. The Labute approximate surface area is 124 Å². The van der Waals surface area contributed by atoms with Gasteiger partial charge in [-0.05, 0) is 32.0 Å². The molecule has 21 heavy (non-hydrogen) atoms. The van der Waals surface area contributed by atoms with E-state index in [-0.39, 0.29) is 13.2 Å². The van der Waals surface area contributed by atoms with Crippen molar-refractivity contribution in [3.8, 4) is 11.8 Å². The first-order valence-electron chi connectivity index (χ1n) is 6.67. The van der Waals surface area contributed by atoms with Gasteiger partial charge in [-0.25, -0.2) is 0 Å². The van der Waals surface area contributed by atoms with Gasteiger partial charge in [-0.3, -0.25) is 4.79 Å². The number of ether oxygens (including phenoxy) is 1. The van der Waals surface area contributed by atoms with E-state index in [0.29, 0.717) is 17.9 Å². The first-order chi connectivity index (χ1) is 9.85. The van der Waals surface area contributed by atoms with Gasteiger partial charge in [-0.15, -0.1) is 0 Å². The molecule has 1 unspecified atom stereocenters. The maximum absolute atomic E-state index is 11.1. The van der Waals surface area contributed by atoms with Crippen molar-refractivity contribution in [3.05, 3.63) is 29.8 Å². The number of nitriles is 1. The zero-order valence-corrected chi connectivity index (χ0v) is 12.3. The maximum atomic E-state index is 11.1. The third-order valence-electron chi connectivity index (χ3n) is 3.02. The number of nitrogens with two attached hydrogens (primary N) is 1. The van der Waals surface area contributed by atoms with Gasteiger partial charge in [-0.1, -0.05) is 6.07 Å².